The minimum Gasteiger partial charge on any atom is -0.508 e. The lowest BCUT2D eigenvalue weighted by Gasteiger charge is -2.04. The number of phenolic OH excluding ortho intramolecular Hbond substituents is 1. The van der Waals surface area contributed by atoms with E-state index in [9.17, 15) is 9.90 Å². The summed E-state index contributed by atoms with van der Waals surface area (Å²) in [7, 11) is 0. The maximum Gasteiger partial charge on any atom is 0.336 e. The number of aromatic carboxylic acids is 1. The predicted molar refractivity (Wildman–Crippen MR) is 55.5 cm³/mol. The monoisotopic (exact) mass is 262 g/mol. The first-order valence-corrected chi connectivity index (χ1v) is 4.84. The van der Waals surface area contributed by atoms with Gasteiger partial charge in [-0.15, -0.1) is 0 Å². The zero-order valence-corrected chi connectivity index (χ0v) is 8.97. The topological polar surface area (TPSA) is 57.5 Å². The quantitative estimate of drug-likeness (QED) is 0.717. The highest BCUT2D eigenvalue weighted by molar-refractivity contribution is 9.10. The number of hydrogen-bond donors (Lipinski definition) is 3. The van der Waals surface area contributed by atoms with Gasteiger partial charge in [-0.3, -0.25) is 0 Å². The molecule has 70 valence electrons. The van der Waals surface area contributed by atoms with Gasteiger partial charge in [0.1, 0.15) is 5.75 Å². The van der Waals surface area contributed by atoms with E-state index in [0.29, 0.717) is 15.8 Å². The van der Waals surface area contributed by atoms with Crippen LogP contribution in [0.4, 0.5) is 0 Å². The van der Waals surface area contributed by atoms with Gasteiger partial charge < -0.3 is 10.2 Å². The van der Waals surface area contributed by atoms with Gasteiger partial charge in [0.15, 0.2) is 0 Å². The molecule has 0 aromatic heterocycles. The summed E-state index contributed by atoms with van der Waals surface area (Å²) in [6.07, 6.45) is 0. The van der Waals surface area contributed by atoms with Gasteiger partial charge in [-0.2, -0.15) is 12.6 Å². The molecule has 2 N–H and O–H groups in total. The fraction of sp³-hybridized carbons (Fsp3) is 0.125. The molecule has 1 aromatic rings. The van der Waals surface area contributed by atoms with Crippen LogP contribution in [-0.2, 0) is 5.75 Å². The summed E-state index contributed by atoms with van der Waals surface area (Å²) in [5.74, 6) is -0.756. The lowest BCUT2D eigenvalue weighted by Crippen LogP contribution is -1.98. The van der Waals surface area contributed by atoms with Crippen molar-refractivity contribution in [3.8, 4) is 5.75 Å². The van der Waals surface area contributed by atoms with Gasteiger partial charge >= 0.3 is 5.97 Å². The number of aromatic hydroxyl groups is 1. The molecule has 0 aliphatic rings. The molecule has 0 spiro atoms. The minimum absolute atomic E-state index is 0.0445. The Kier molecular flexibility index (Phi) is 3.22. The zero-order valence-electron chi connectivity index (χ0n) is 6.49. The molecule has 0 fully saturated rings. The molecule has 0 bridgehead atoms. The molecule has 0 radical (unpaired) electrons. The Hall–Kier alpha value is -0.680. The maximum atomic E-state index is 10.6. The van der Waals surface area contributed by atoms with Crippen molar-refractivity contribution in [2.45, 2.75) is 5.75 Å². The van der Waals surface area contributed by atoms with Gasteiger partial charge in [0.05, 0.1) is 5.56 Å². The molecule has 0 saturated heterocycles. The van der Waals surface area contributed by atoms with Crippen molar-refractivity contribution in [1.29, 1.82) is 0 Å². The van der Waals surface area contributed by atoms with Crippen molar-refractivity contribution in [2.24, 2.45) is 0 Å². The summed E-state index contributed by atoms with van der Waals surface area (Å²) >= 11 is 7.08. The molecule has 1 rings (SSSR count). The lowest BCUT2D eigenvalue weighted by molar-refractivity contribution is 0.0695. The van der Waals surface area contributed by atoms with Crippen LogP contribution in [0.3, 0.4) is 0 Å². The summed E-state index contributed by atoms with van der Waals surface area (Å²) in [5, 5.41) is 18.0. The lowest BCUT2D eigenvalue weighted by atomic mass is 10.1. The summed E-state index contributed by atoms with van der Waals surface area (Å²) in [4.78, 5) is 10.6. The highest BCUT2D eigenvalue weighted by atomic mass is 79.9. The van der Waals surface area contributed by atoms with Crippen LogP contribution in [0.25, 0.3) is 0 Å². The number of hydrogen-bond acceptors (Lipinski definition) is 3. The number of benzene rings is 1. The Morgan fingerprint density at radius 2 is 2.15 bits per heavy atom. The van der Waals surface area contributed by atoms with Crippen LogP contribution >= 0.6 is 28.6 Å². The van der Waals surface area contributed by atoms with Crippen molar-refractivity contribution in [3.05, 3.63) is 27.7 Å². The van der Waals surface area contributed by atoms with E-state index in [1.54, 1.807) is 6.07 Å². The molecule has 5 heteroatoms. The molecule has 0 heterocycles. The van der Waals surface area contributed by atoms with Gasteiger partial charge in [-0.25, -0.2) is 4.79 Å². The highest BCUT2D eigenvalue weighted by Crippen LogP contribution is 2.27. The van der Waals surface area contributed by atoms with Crippen molar-refractivity contribution < 1.29 is 15.0 Å². The first-order valence-electron chi connectivity index (χ1n) is 3.41. The van der Waals surface area contributed by atoms with Gasteiger partial charge in [-0.1, -0.05) is 0 Å². The average Bonchev–Trinajstić information content (AvgIpc) is 2.07. The number of thiol groups is 1. The third kappa shape index (κ3) is 2.16. The van der Waals surface area contributed by atoms with Crippen molar-refractivity contribution in [2.75, 3.05) is 0 Å². The van der Waals surface area contributed by atoms with E-state index in [1.807, 2.05) is 0 Å². The van der Waals surface area contributed by atoms with Gasteiger partial charge in [-0.05, 0) is 28.1 Å². The van der Waals surface area contributed by atoms with Gasteiger partial charge in [0.25, 0.3) is 0 Å². The Bertz CT molecular complexity index is 351. The van der Waals surface area contributed by atoms with Crippen LogP contribution in [0.15, 0.2) is 16.6 Å². The molecule has 0 aliphatic carbocycles. The summed E-state index contributed by atoms with van der Waals surface area (Å²) in [6, 6.07) is 2.75. The molecule has 0 saturated carbocycles. The van der Waals surface area contributed by atoms with E-state index in [2.05, 4.69) is 28.6 Å². The van der Waals surface area contributed by atoms with E-state index >= 15 is 0 Å². The van der Waals surface area contributed by atoms with Crippen LogP contribution in [0.1, 0.15) is 15.9 Å². The second-order valence-corrected chi connectivity index (χ2v) is 3.59. The van der Waals surface area contributed by atoms with Crippen LogP contribution in [-0.4, -0.2) is 16.2 Å². The van der Waals surface area contributed by atoms with Crippen molar-refractivity contribution in [3.63, 3.8) is 0 Å². The van der Waals surface area contributed by atoms with Crippen molar-refractivity contribution in [1.82, 2.24) is 0 Å². The summed E-state index contributed by atoms with van der Waals surface area (Å²) in [6.45, 7) is 0. The highest BCUT2D eigenvalue weighted by Gasteiger charge is 2.11. The third-order valence-electron chi connectivity index (χ3n) is 1.57. The maximum absolute atomic E-state index is 10.6. The SMILES string of the molecule is O=C(O)c1cc(O)c(CS)cc1Br. The molecular weight excluding hydrogens is 256 g/mol. The van der Waals surface area contributed by atoms with E-state index in [0.717, 1.165) is 0 Å². The van der Waals surface area contributed by atoms with Gasteiger partial charge in [0.2, 0.25) is 0 Å². The van der Waals surface area contributed by atoms with Crippen molar-refractivity contribution >= 4 is 34.5 Å². The first kappa shape index (κ1) is 10.4. The Balaban J connectivity index is 3.28. The van der Waals surface area contributed by atoms with E-state index in [1.165, 1.54) is 6.07 Å². The minimum atomic E-state index is -1.08. The molecule has 1 aromatic carbocycles. The summed E-state index contributed by atoms with van der Waals surface area (Å²) < 4.78 is 0.446. The molecule has 3 nitrogen and oxygen atoms in total. The standard InChI is InChI=1S/C8H7BrO3S/c9-6-1-4(3-13)7(10)2-5(6)8(11)12/h1-2,10,13H,3H2,(H,11,12). The fourth-order valence-corrected chi connectivity index (χ4v) is 1.71. The molecule has 0 unspecified atom stereocenters. The van der Waals surface area contributed by atoms with E-state index in [-0.39, 0.29) is 11.3 Å². The summed E-state index contributed by atoms with van der Waals surface area (Å²) in [5.41, 5.74) is 0.642. The Morgan fingerprint density at radius 3 is 2.62 bits per heavy atom. The van der Waals surface area contributed by atoms with E-state index < -0.39 is 5.97 Å². The smallest absolute Gasteiger partial charge is 0.336 e. The second-order valence-electron chi connectivity index (χ2n) is 2.42. The largest absolute Gasteiger partial charge is 0.508 e. The number of halogens is 1. The number of phenols is 1. The average molecular weight is 263 g/mol. The molecule has 0 amide bonds. The number of rotatable bonds is 2. The number of carboxylic acid groups (broad SMARTS) is 1. The number of carbonyl (C=O) groups is 1. The van der Waals surface area contributed by atoms with Crippen LogP contribution < -0.4 is 0 Å². The molecule has 13 heavy (non-hydrogen) atoms. The number of carboxylic acids is 1. The second kappa shape index (κ2) is 4.02. The normalized spacial score (nSPS) is 10.0. The van der Waals surface area contributed by atoms with Crippen LogP contribution in [0, 0.1) is 0 Å². The first-order chi connectivity index (χ1) is 6.06. The molecule has 0 atom stereocenters. The van der Waals surface area contributed by atoms with Gasteiger partial charge in [0, 0.05) is 15.8 Å². The zero-order chi connectivity index (χ0) is 10.0. The Morgan fingerprint density at radius 1 is 1.54 bits per heavy atom. The van der Waals surface area contributed by atoms with Crippen LogP contribution in [0.5, 0.6) is 5.75 Å². The predicted octanol–water partition coefficient (Wildman–Crippen LogP) is 2.28. The molecule has 0 aliphatic heterocycles. The van der Waals surface area contributed by atoms with E-state index in [4.69, 9.17) is 5.11 Å². The third-order valence-corrected chi connectivity index (χ3v) is 2.57. The Labute approximate surface area is 88.9 Å². The molecular formula is C8H7BrO3S. The fourth-order valence-electron chi connectivity index (χ4n) is 0.894. The van der Waals surface area contributed by atoms with Crippen LogP contribution in [0.2, 0.25) is 0 Å².